The van der Waals surface area contributed by atoms with Crippen LogP contribution in [-0.4, -0.2) is 32.9 Å². The molecule has 8 nitrogen and oxygen atoms in total. The Kier molecular flexibility index (Phi) is 5.13. The summed E-state index contributed by atoms with van der Waals surface area (Å²) in [5, 5.41) is 4.12. The van der Waals surface area contributed by atoms with Crippen LogP contribution in [0, 0.1) is 0 Å². The standard InChI is InChI=1S/C16H15ClN4O4S2/c1-26(22,23)20-16-8-7-12(9-15(16)17)19-27(24,25)14-10-18-21(11-14)13-5-3-2-4-6-13/h2-11,19-20H,1H3. The summed E-state index contributed by atoms with van der Waals surface area (Å²) in [6.07, 6.45) is 3.61. The molecule has 3 rings (SSSR count). The topological polar surface area (TPSA) is 110 Å². The second kappa shape index (κ2) is 7.22. The minimum Gasteiger partial charge on any atom is -0.282 e. The zero-order valence-corrected chi connectivity index (χ0v) is 16.4. The lowest BCUT2D eigenvalue weighted by Gasteiger charge is -2.10. The Morgan fingerprint density at radius 1 is 1.00 bits per heavy atom. The van der Waals surface area contributed by atoms with Gasteiger partial charge in [0.2, 0.25) is 10.0 Å². The number of nitrogens with zero attached hydrogens (tertiary/aromatic N) is 2. The highest BCUT2D eigenvalue weighted by molar-refractivity contribution is 7.92. The summed E-state index contributed by atoms with van der Waals surface area (Å²) >= 11 is 6.02. The molecular weight excluding hydrogens is 412 g/mol. The van der Waals surface area contributed by atoms with Gasteiger partial charge in [-0.2, -0.15) is 5.10 Å². The summed E-state index contributed by atoms with van der Waals surface area (Å²) in [6.45, 7) is 0. The number of anilines is 2. The lowest BCUT2D eigenvalue weighted by atomic mass is 10.3. The smallest absolute Gasteiger partial charge is 0.265 e. The van der Waals surface area contributed by atoms with E-state index < -0.39 is 20.0 Å². The van der Waals surface area contributed by atoms with Crippen LogP contribution < -0.4 is 9.44 Å². The third-order valence-electron chi connectivity index (χ3n) is 3.41. The molecule has 3 aromatic rings. The number of nitrogens with one attached hydrogen (secondary N) is 2. The number of benzene rings is 2. The predicted octanol–water partition coefficient (Wildman–Crippen LogP) is 2.70. The van der Waals surface area contributed by atoms with Gasteiger partial charge in [0.1, 0.15) is 4.90 Å². The van der Waals surface area contributed by atoms with Crippen LogP contribution in [0.4, 0.5) is 11.4 Å². The van der Waals surface area contributed by atoms with Crippen molar-refractivity contribution in [3.05, 3.63) is 65.9 Å². The first-order valence-electron chi connectivity index (χ1n) is 7.54. The molecule has 0 atom stereocenters. The van der Waals surface area contributed by atoms with Gasteiger partial charge in [-0.1, -0.05) is 29.8 Å². The van der Waals surface area contributed by atoms with Crippen molar-refractivity contribution in [3.8, 4) is 5.69 Å². The summed E-state index contributed by atoms with van der Waals surface area (Å²) in [6, 6.07) is 13.2. The highest BCUT2D eigenvalue weighted by Gasteiger charge is 2.18. The van der Waals surface area contributed by atoms with Gasteiger partial charge in [0, 0.05) is 0 Å². The Balaban J connectivity index is 1.83. The SMILES string of the molecule is CS(=O)(=O)Nc1ccc(NS(=O)(=O)c2cnn(-c3ccccc3)c2)cc1Cl. The number of halogens is 1. The molecular formula is C16H15ClN4O4S2. The van der Waals surface area contributed by atoms with Crippen molar-refractivity contribution in [2.45, 2.75) is 4.90 Å². The predicted molar refractivity (Wildman–Crippen MR) is 104 cm³/mol. The normalized spacial score (nSPS) is 11.9. The number of para-hydroxylation sites is 1. The number of sulfonamides is 2. The van der Waals surface area contributed by atoms with Crippen molar-refractivity contribution in [2.75, 3.05) is 15.7 Å². The summed E-state index contributed by atoms with van der Waals surface area (Å²) in [5.74, 6) is 0. The molecule has 27 heavy (non-hydrogen) atoms. The molecule has 1 heterocycles. The van der Waals surface area contributed by atoms with Gasteiger partial charge in [-0.25, -0.2) is 21.5 Å². The van der Waals surface area contributed by atoms with Crippen molar-refractivity contribution in [3.63, 3.8) is 0 Å². The molecule has 1 aromatic heterocycles. The van der Waals surface area contributed by atoms with E-state index in [0.29, 0.717) is 0 Å². The fraction of sp³-hybridized carbons (Fsp3) is 0.0625. The first-order chi connectivity index (χ1) is 12.6. The Morgan fingerprint density at radius 3 is 2.33 bits per heavy atom. The largest absolute Gasteiger partial charge is 0.282 e. The van der Waals surface area contributed by atoms with Crippen molar-refractivity contribution in [2.24, 2.45) is 0 Å². The van der Waals surface area contributed by atoms with Crippen LogP contribution in [0.1, 0.15) is 0 Å². The molecule has 0 saturated carbocycles. The van der Waals surface area contributed by atoms with Crippen molar-refractivity contribution in [1.82, 2.24) is 9.78 Å². The van der Waals surface area contributed by atoms with Crippen molar-refractivity contribution in [1.29, 1.82) is 0 Å². The first kappa shape index (κ1) is 19.2. The molecule has 11 heteroatoms. The summed E-state index contributed by atoms with van der Waals surface area (Å²) in [7, 11) is -7.39. The van der Waals surface area contributed by atoms with Crippen molar-refractivity contribution < 1.29 is 16.8 Å². The molecule has 0 saturated heterocycles. The van der Waals surface area contributed by atoms with E-state index in [4.69, 9.17) is 11.6 Å². The summed E-state index contributed by atoms with van der Waals surface area (Å²) < 4.78 is 53.7. The highest BCUT2D eigenvalue weighted by atomic mass is 35.5. The zero-order chi connectivity index (χ0) is 19.7. The van der Waals surface area contributed by atoms with E-state index in [1.165, 1.54) is 35.3 Å². The average Bonchev–Trinajstić information content (AvgIpc) is 3.08. The Morgan fingerprint density at radius 2 is 1.70 bits per heavy atom. The third-order valence-corrected chi connectivity index (χ3v) is 5.65. The molecule has 142 valence electrons. The molecule has 0 spiro atoms. The molecule has 0 bridgehead atoms. The van der Waals surface area contributed by atoms with Crippen LogP contribution in [-0.2, 0) is 20.0 Å². The summed E-state index contributed by atoms with van der Waals surface area (Å²) in [5.41, 5.74) is 1.06. The van der Waals surface area contributed by atoms with Crippen molar-refractivity contribution >= 4 is 43.0 Å². The minimum absolute atomic E-state index is 0.0270. The second-order valence-corrected chi connectivity index (χ2v) is 9.47. The number of aromatic nitrogens is 2. The van der Waals surface area contributed by atoms with Crippen LogP contribution in [0.2, 0.25) is 5.02 Å². The van der Waals surface area contributed by atoms with Gasteiger partial charge in [-0.05, 0) is 30.3 Å². The van der Waals surface area contributed by atoms with Gasteiger partial charge >= 0.3 is 0 Å². The maximum Gasteiger partial charge on any atom is 0.265 e. The van der Waals surface area contributed by atoms with E-state index in [1.54, 1.807) is 12.1 Å². The lowest BCUT2D eigenvalue weighted by molar-refractivity contribution is 0.600. The van der Waals surface area contributed by atoms with E-state index in [2.05, 4.69) is 14.5 Å². The van der Waals surface area contributed by atoms with Gasteiger partial charge in [0.05, 0.1) is 40.7 Å². The Labute approximate surface area is 161 Å². The molecule has 0 amide bonds. The third kappa shape index (κ3) is 4.79. The maximum absolute atomic E-state index is 12.6. The lowest BCUT2D eigenvalue weighted by Crippen LogP contribution is -2.13. The number of rotatable bonds is 6. The van der Waals surface area contributed by atoms with Crippen LogP contribution in [0.15, 0.2) is 65.8 Å². The van der Waals surface area contributed by atoms with Gasteiger partial charge in [-0.3, -0.25) is 9.44 Å². The number of hydrogen-bond acceptors (Lipinski definition) is 5. The van der Waals surface area contributed by atoms with Crippen LogP contribution >= 0.6 is 11.6 Å². The van der Waals surface area contributed by atoms with E-state index in [-0.39, 0.29) is 21.3 Å². The average molecular weight is 427 g/mol. The maximum atomic E-state index is 12.6. The highest BCUT2D eigenvalue weighted by Crippen LogP contribution is 2.27. The molecule has 0 radical (unpaired) electrons. The van der Waals surface area contributed by atoms with E-state index in [9.17, 15) is 16.8 Å². The van der Waals surface area contributed by atoms with Crippen LogP contribution in [0.5, 0.6) is 0 Å². The Hall–Kier alpha value is -2.56. The quantitative estimate of drug-likeness (QED) is 0.629. The molecule has 0 aliphatic heterocycles. The van der Waals surface area contributed by atoms with Crippen LogP contribution in [0.25, 0.3) is 5.69 Å². The van der Waals surface area contributed by atoms with Gasteiger partial charge in [0.25, 0.3) is 10.0 Å². The second-order valence-electron chi connectivity index (χ2n) is 5.63. The minimum atomic E-state index is -3.90. The van der Waals surface area contributed by atoms with E-state index >= 15 is 0 Å². The fourth-order valence-corrected chi connectivity index (χ4v) is 4.08. The van der Waals surface area contributed by atoms with E-state index in [1.807, 2.05) is 18.2 Å². The van der Waals surface area contributed by atoms with Gasteiger partial charge in [-0.15, -0.1) is 0 Å². The van der Waals surface area contributed by atoms with Crippen LogP contribution in [0.3, 0.4) is 0 Å². The van der Waals surface area contributed by atoms with Gasteiger partial charge in [0.15, 0.2) is 0 Å². The number of hydrogen-bond donors (Lipinski definition) is 2. The monoisotopic (exact) mass is 426 g/mol. The molecule has 0 unspecified atom stereocenters. The molecule has 2 N–H and O–H groups in total. The summed E-state index contributed by atoms with van der Waals surface area (Å²) in [4.78, 5) is -0.0270. The molecule has 0 aliphatic carbocycles. The molecule has 2 aromatic carbocycles. The molecule has 0 fully saturated rings. The van der Waals surface area contributed by atoms with E-state index in [0.717, 1.165) is 11.9 Å². The zero-order valence-electron chi connectivity index (χ0n) is 14.0. The fourth-order valence-electron chi connectivity index (χ4n) is 2.24. The molecule has 0 aliphatic rings. The van der Waals surface area contributed by atoms with Gasteiger partial charge < -0.3 is 0 Å². The Bertz CT molecular complexity index is 1180. The first-order valence-corrected chi connectivity index (χ1v) is 11.3.